The van der Waals surface area contributed by atoms with Gasteiger partial charge in [-0.25, -0.2) is 0 Å². The van der Waals surface area contributed by atoms with Gasteiger partial charge in [-0.2, -0.15) is 5.26 Å². The summed E-state index contributed by atoms with van der Waals surface area (Å²) >= 11 is 1.81. The number of Topliss-reactive ketones (excluding diaryl/α,β-unsaturated/α-hetero) is 1. The van der Waals surface area contributed by atoms with Gasteiger partial charge in [-0.05, 0) is 40.8 Å². The van der Waals surface area contributed by atoms with Gasteiger partial charge in [0.05, 0.1) is 26.4 Å². The second-order valence-electron chi connectivity index (χ2n) is 3.86. The highest BCUT2D eigenvalue weighted by molar-refractivity contribution is 14.1. The van der Waals surface area contributed by atoms with Gasteiger partial charge in [0.2, 0.25) is 11.5 Å². The molecule has 7 nitrogen and oxygen atoms in total. The fourth-order valence-corrected chi connectivity index (χ4v) is 2.34. The molecule has 0 saturated carbocycles. The lowest BCUT2D eigenvalue weighted by atomic mass is 10.2. The molecule has 1 heterocycles. The van der Waals surface area contributed by atoms with Crippen molar-refractivity contribution in [2.24, 2.45) is 0 Å². The van der Waals surface area contributed by atoms with Gasteiger partial charge in [0.1, 0.15) is 0 Å². The second-order valence-corrected chi connectivity index (χ2v) is 5.03. The van der Waals surface area contributed by atoms with Gasteiger partial charge < -0.3 is 9.15 Å². The largest absolute Gasteiger partial charge is 0.478 e. The summed E-state index contributed by atoms with van der Waals surface area (Å²) in [5, 5.41) is 19.8. The third-order valence-electron chi connectivity index (χ3n) is 2.49. The Kier molecular flexibility index (Phi) is 4.54. The second kappa shape index (κ2) is 6.36. The van der Waals surface area contributed by atoms with Crippen molar-refractivity contribution in [3.63, 3.8) is 0 Å². The number of nitrogens with zero attached hydrogens (tertiary/aromatic N) is 2. The number of furan rings is 1. The van der Waals surface area contributed by atoms with Gasteiger partial charge in [-0.15, -0.1) is 0 Å². The number of halogens is 1. The molecule has 0 aliphatic heterocycles. The Bertz CT molecular complexity index is 734. The number of hydrogen-bond donors (Lipinski definition) is 0. The van der Waals surface area contributed by atoms with Crippen molar-refractivity contribution >= 4 is 34.1 Å². The van der Waals surface area contributed by atoms with Crippen molar-refractivity contribution in [3.05, 3.63) is 55.5 Å². The molecule has 2 rings (SSSR count). The molecule has 0 N–H and O–H groups in total. The maximum absolute atomic E-state index is 11.8. The highest BCUT2D eigenvalue weighted by Gasteiger charge is 2.22. The van der Waals surface area contributed by atoms with E-state index in [9.17, 15) is 14.9 Å². The maximum Gasteiger partial charge on any atom is 0.313 e. The van der Waals surface area contributed by atoms with E-state index in [0.717, 1.165) is 6.07 Å². The van der Waals surface area contributed by atoms with E-state index in [1.54, 1.807) is 6.07 Å². The zero-order valence-electron chi connectivity index (χ0n) is 10.4. The van der Waals surface area contributed by atoms with E-state index >= 15 is 0 Å². The van der Waals surface area contributed by atoms with Gasteiger partial charge in [0, 0.05) is 6.07 Å². The summed E-state index contributed by atoms with van der Waals surface area (Å²) in [6.45, 7) is -0.393. The van der Waals surface area contributed by atoms with Crippen LogP contribution in [-0.2, 0) is 0 Å². The van der Waals surface area contributed by atoms with Gasteiger partial charge in [0.15, 0.2) is 12.4 Å². The molecule has 0 saturated heterocycles. The number of carbonyl (C=O) groups excluding carboxylic acids is 1. The van der Waals surface area contributed by atoms with Crippen LogP contribution < -0.4 is 4.74 Å². The van der Waals surface area contributed by atoms with Crippen molar-refractivity contribution in [2.75, 3.05) is 6.61 Å². The zero-order chi connectivity index (χ0) is 15.4. The predicted octanol–water partition coefficient (Wildman–Crippen LogP) is 2.93. The Morgan fingerprint density at radius 3 is 2.86 bits per heavy atom. The van der Waals surface area contributed by atoms with Crippen LogP contribution in [-0.4, -0.2) is 17.3 Å². The van der Waals surface area contributed by atoms with E-state index in [1.807, 2.05) is 28.7 Å². The Morgan fingerprint density at radius 1 is 1.52 bits per heavy atom. The van der Waals surface area contributed by atoms with E-state index < -0.39 is 17.3 Å². The maximum atomic E-state index is 11.8. The molecule has 0 atom stereocenters. The Balaban J connectivity index is 2.25. The number of nitro groups is 1. The van der Waals surface area contributed by atoms with Crippen LogP contribution in [0.3, 0.4) is 0 Å². The van der Waals surface area contributed by atoms with E-state index in [4.69, 9.17) is 14.4 Å². The zero-order valence-corrected chi connectivity index (χ0v) is 12.6. The fourth-order valence-electron chi connectivity index (χ4n) is 1.57. The van der Waals surface area contributed by atoms with Gasteiger partial charge >= 0.3 is 5.69 Å². The van der Waals surface area contributed by atoms with Crippen LogP contribution in [0.15, 0.2) is 34.9 Å². The first-order valence-electron chi connectivity index (χ1n) is 5.60. The summed E-state index contributed by atoms with van der Waals surface area (Å²) in [4.78, 5) is 22.1. The minimum absolute atomic E-state index is 0.0421. The summed E-state index contributed by atoms with van der Waals surface area (Å²) in [5.74, 6) is -0.365. The van der Waals surface area contributed by atoms with Gasteiger partial charge in [-0.3, -0.25) is 14.9 Å². The van der Waals surface area contributed by atoms with E-state index in [-0.39, 0.29) is 22.8 Å². The molecule has 1 aromatic carbocycles. The Morgan fingerprint density at radius 2 is 2.29 bits per heavy atom. The summed E-state index contributed by atoms with van der Waals surface area (Å²) < 4.78 is 10.5. The van der Waals surface area contributed by atoms with Crippen LogP contribution in [0, 0.1) is 25.0 Å². The van der Waals surface area contributed by atoms with Crippen LogP contribution in [0.5, 0.6) is 5.75 Å². The summed E-state index contributed by atoms with van der Waals surface area (Å²) in [6.07, 6.45) is 1.35. The molecule has 8 heteroatoms. The smallest absolute Gasteiger partial charge is 0.313 e. The van der Waals surface area contributed by atoms with Crippen LogP contribution >= 0.6 is 22.6 Å². The number of rotatable bonds is 5. The average Bonchev–Trinajstić information content (AvgIpc) is 2.98. The van der Waals surface area contributed by atoms with Crippen LogP contribution in [0.25, 0.3) is 0 Å². The van der Waals surface area contributed by atoms with Crippen molar-refractivity contribution < 1.29 is 18.9 Å². The Labute approximate surface area is 132 Å². The molecule has 106 valence electrons. The molecule has 0 aliphatic carbocycles. The normalized spacial score (nSPS) is 9.90. The van der Waals surface area contributed by atoms with Crippen LogP contribution in [0.4, 0.5) is 5.69 Å². The van der Waals surface area contributed by atoms with Crippen LogP contribution in [0.1, 0.15) is 16.1 Å². The lowest BCUT2D eigenvalue weighted by Gasteiger charge is -2.07. The van der Waals surface area contributed by atoms with Gasteiger partial charge in [-0.1, -0.05) is 0 Å². The summed E-state index contributed by atoms with van der Waals surface area (Å²) in [5.41, 5.74) is -0.207. The topological polar surface area (TPSA) is 106 Å². The first-order chi connectivity index (χ1) is 10.0. The number of nitriles is 1. The molecular formula is C13H7IN2O5. The molecule has 1 aromatic heterocycles. The monoisotopic (exact) mass is 398 g/mol. The van der Waals surface area contributed by atoms with Crippen molar-refractivity contribution in [2.45, 2.75) is 0 Å². The lowest BCUT2D eigenvalue weighted by molar-refractivity contribution is -0.385. The summed E-state index contributed by atoms with van der Waals surface area (Å²) in [7, 11) is 0. The number of benzene rings is 1. The highest BCUT2D eigenvalue weighted by Crippen LogP contribution is 2.33. The molecule has 0 bridgehead atoms. The van der Waals surface area contributed by atoms with E-state index in [1.165, 1.54) is 18.4 Å². The first-order valence-corrected chi connectivity index (χ1v) is 6.68. The van der Waals surface area contributed by atoms with Crippen molar-refractivity contribution in [1.82, 2.24) is 0 Å². The molecule has 0 radical (unpaired) electrons. The number of nitro benzene ring substituents is 1. The SMILES string of the molecule is N#Cc1cc(I)c(OCC(=O)c2ccco2)c([N+](=O)[O-])c1. The molecule has 0 spiro atoms. The Hall–Kier alpha value is -2.41. The minimum Gasteiger partial charge on any atom is -0.478 e. The molecule has 2 aromatic rings. The van der Waals surface area contributed by atoms with Crippen LogP contribution in [0.2, 0.25) is 0 Å². The molecule has 0 fully saturated rings. The quantitative estimate of drug-likeness (QED) is 0.332. The first kappa shape index (κ1) is 15.0. The van der Waals surface area contributed by atoms with E-state index in [2.05, 4.69) is 0 Å². The highest BCUT2D eigenvalue weighted by atomic mass is 127. The molecule has 0 unspecified atom stereocenters. The number of ether oxygens (including phenoxy) is 1. The van der Waals surface area contributed by atoms with Crippen molar-refractivity contribution in [3.8, 4) is 11.8 Å². The number of ketones is 1. The number of carbonyl (C=O) groups is 1. The standard InChI is InChI=1S/C13H7IN2O5/c14-9-4-8(6-15)5-10(16(18)19)13(9)21-7-11(17)12-2-1-3-20-12/h1-5H,7H2. The molecular weight excluding hydrogens is 391 g/mol. The third kappa shape index (κ3) is 3.38. The summed E-state index contributed by atoms with van der Waals surface area (Å²) in [6, 6.07) is 7.41. The van der Waals surface area contributed by atoms with Gasteiger partial charge in [0.25, 0.3) is 0 Å². The number of hydrogen-bond acceptors (Lipinski definition) is 6. The fraction of sp³-hybridized carbons (Fsp3) is 0.0769. The molecule has 0 amide bonds. The average molecular weight is 398 g/mol. The van der Waals surface area contributed by atoms with E-state index in [0.29, 0.717) is 3.57 Å². The molecule has 21 heavy (non-hydrogen) atoms. The molecule has 0 aliphatic rings. The van der Waals surface area contributed by atoms with Crippen molar-refractivity contribution in [1.29, 1.82) is 5.26 Å². The minimum atomic E-state index is -0.657. The lowest BCUT2D eigenvalue weighted by Crippen LogP contribution is -2.12. The predicted molar refractivity (Wildman–Crippen MR) is 79.1 cm³/mol. The third-order valence-corrected chi connectivity index (χ3v) is 3.29.